The van der Waals surface area contributed by atoms with Crippen molar-refractivity contribution in [3.8, 4) is 0 Å². The van der Waals surface area contributed by atoms with Crippen LogP contribution in [0.5, 0.6) is 0 Å². The van der Waals surface area contributed by atoms with Crippen molar-refractivity contribution in [2.24, 2.45) is 17.8 Å². The Labute approximate surface area is 70.7 Å². The van der Waals surface area contributed by atoms with E-state index in [1.54, 1.807) is 0 Å². The normalized spacial score (nSPS) is 50.0. The number of carbonyl (C=O) groups is 1. The van der Waals surface area contributed by atoms with Crippen molar-refractivity contribution >= 4 is 5.97 Å². The number of carboxylic acid groups (broad SMARTS) is 1. The van der Waals surface area contributed by atoms with E-state index in [4.69, 9.17) is 5.11 Å². The van der Waals surface area contributed by atoms with Gasteiger partial charge in [-0.25, -0.2) is 4.79 Å². The molecule has 2 rings (SSSR count). The molecular weight excluding hydrogens is 156 g/mol. The average molecular weight is 168 g/mol. The molecule has 1 fully saturated rings. The van der Waals surface area contributed by atoms with Gasteiger partial charge in [-0.05, 0) is 12.3 Å². The first kappa shape index (κ1) is 7.80. The summed E-state index contributed by atoms with van der Waals surface area (Å²) in [6.07, 6.45) is 4.65. The summed E-state index contributed by atoms with van der Waals surface area (Å²) >= 11 is 0. The van der Waals surface area contributed by atoms with E-state index in [9.17, 15) is 9.90 Å². The Hall–Kier alpha value is -0.830. The molecule has 3 heteroatoms. The first-order valence-corrected chi connectivity index (χ1v) is 4.21. The standard InChI is InChI=1S/C9H12O3/c1-5-6-2-3-7(4-6)9(5,12)8(10)11/h2-3,5-7,12H,4H2,1H3,(H,10,11). The third kappa shape index (κ3) is 0.672. The summed E-state index contributed by atoms with van der Waals surface area (Å²) in [5, 5.41) is 18.8. The summed E-state index contributed by atoms with van der Waals surface area (Å²) in [6, 6.07) is 0. The van der Waals surface area contributed by atoms with Crippen LogP contribution in [0.1, 0.15) is 13.3 Å². The van der Waals surface area contributed by atoms with E-state index >= 15 is 0 Å². The van der Waals surface area contributed by atoms with Crippen molar-refractivity contribution in [1.82, 2.24) is 0 Å². The number of aliphatic hydroxyl groups is 1. The molecule has 4 atom stereocenters. The second-order valence-electron chi connectivity index (χ2n) is 3.81. The number of hydrogen-bond acceptors (Lipinski definition) is 2. The van der Waals surface area contributed by atoms with Gasteiger partial charge in [0, 0.05) is 11.8 Å². The summed E-state index contributed by atoms with van der Waals surface area (Å²) in [4.78, 5) is 10.8. The van der Waals surface area contributed by atoms with Gasteiger partial charge in [0.15, 0.2) is 5.60 Å². The number of fused-ring (bicyclic) bond motifs is 2. The molecule has 4 unspecified atom stereocenters. The highest BCUT2D eigenvalue weighted by atomic mass is 16.4. The minimum Gasteiger partial charge on any atom is -0.479 e. The van der Waals surface area contributed by atoms with Crippen molar-refractivity contribution in [3.05, 3.63) is 12.2 Å². The van der Waals surface area contributed by atoms with Gasteiger partial charge in [0.05, 0.1) is 0 Å². The molecule has 66 valence electrons. The quantitative estimate of drug-likeness (QED) is 0.565. The summed E-state index contributed by atoms with van der Waals surface area (Å²) in [5.41, 5.74) is -1.50. The second kappa shape index (κ2) is 2.10. The van der Waals surface area contributed by atoms with E-state index in [1.165, 1.54) is 0 Å². The van der Waals surface area contributed by atoms with Crippen LogP contribution >= 0.6 is 0 Å². The van der Waals surface area contributed by atoms with Gasteiger partial charge in [-0.3, -0.25) is 0 Å². The molecule has 0 amide bonds. The zero-order chi connectivity index (χ0) is 8.93. The minimum absolute atomic E-state index is 0.148. The highest BCUT2D eigenvalue weighted by molar-refractivity contribution is 5.79. The van der Waals surface area contributed by atoms with E-state index in [0.717, 1.165) is 6.42 Å². The Morgan fingerprint density at radius 3 is 2.58 bits per heavy atom. The Kier molecular flexibility index (Phi) is 1.37. The van der Waals surface area contributed by atoms with Gasteiger partial charge in [0.25, 0.3) is 0 Å². The maximum atomic E-state index is 10.8. The average Bonchev–Trinajstić information content (AvgIpc) is 2.55. The van der Waals surface area contributed by atoms with Crippen LogP contribution in [-0.4, -0.2) is 21.8 Å². The van der Waals surface area contributed by atoms with Gasteiger partial charge in [-0.2, -0.15) is 0 Å². The Balaban J connectivity index is 2.39. The van der Waals surface area contributed by atoms with Crippen LogP contribution in [0.2, 0.25) is 0 Å². The van der Waals surface area contributed by atoms with E-state index < -0.39 is 11.6 Å². The van der Waals surface area contributed by atoms with Gasteiger partial charge in [-0.1, -0.05) is 19.1 Å². The molecule has 0 aromatic carbocycles. The maximum absolute atomic E-state index is 10.8. The molecule has 0 aromatic rings. The van der Waals surface area contributed by atoms with Crippen molar-refractivity contribution in [2.75, 3.05) is 0 Å². The van der Waals surface area contributed by atoms with E-state index in [2.05, 4.69) is 0 Å². The third-order valence-electron chi connectivity index (χ3n) is 3.36. The summed E-state index contributed by atoms with van der Waals surface area (Å²) in [7, 11) is 0. The van der Waals surface area contributed by atoms with Crippen LogP contribution in [0.3, 0.4) is 0 Å². The molecule has 0 saturated heterocycles. The fourth-order valence-electron chi connectivity index (χ4n) is 2.44. The monoisotopic (exact) mass is 168 g/mol. The summed E-state index contributed by atoms with van der Waals surface area (Å²) < 4.78 is 0. The number of carboxylic acids is 1. The lowest BCUT2D eigenvalue weighted by Gasteiger charge is -2.30. The van der Waals surface area contributed by atoms with Crippen LogP contribution in [0.4, 0.5) is 0 Å². The highest BCUT2D eigenvalue weighted by Crippen LogP contribution is 2.50. The first-order valence-electron chi connectivity index (χ1n) is 4.21. The smallest absolute Gasteiger partial charge is 0.336 e. The predicted octanol–water partition coefficient (Wildman–Crippen LogP) is 0.644. The molecule has 0 spiro atoms. The van der Waals surface area contributed by atoms with Crippen molar-refractivity contribution in [3.63, 3.8) is 0 Å². The molecule has 2 aliphatic carbocycles. The van der Waals surface area contributed by atoms with Gasteiger partial charge in [0.2, 0.25) is 0 Å². The van der Waals surface area contributed by atoms with Gasteiger partial charge in [0.1, 0.15) is 0 Å². The van der Waals surface area contributed by atoms with Crippen LogP contribution in [0, 0.1) is 17.8 Å². The number of rotatable bonds is 1. The molecule has 0 aromatic heterocycles. The molecule has 0 aliphatic heterocycles. The Morgan fingerprint density at radius 1 is 1.58 bits per heavy atom. The van der Waals surface area contributed by atoms with Crippen molar-refractivity contribution < 1.29 is 15.0 Å². The molecule has 0 radical (unpaired) electrons. The topological polar surface area (TPSA) is 57.5 Å². The van der Waals surface area contributed by atoms with Crippen LogP contribution in [0.15, 0.2) is 12.2 Å². The molecule has 2 N–H and O–H groups in total. The molecule has 3 nitrogen and oxygen atoms in total. The van der Waals surface area contributed by atoms with Gasteiger partial charge < -0.3 is 10.2 Å². The molecule has 0 heterocycles. The van der Waals surface area contributed by atoms with E-state index in [1.807, 2.05) is 19.1 Å². The Morgan fingerprint density at radius 2 is 2.25 bits per heavy atom. The molecular formula is C9H12O3. The van der Waals surface area contributed by atoms with Crippen molar-refractivity contribution in [2.45, 2.75) is 18.9 Å². The number of hydrogen-bond donors (Lipinski definition) is 2. The SMILES string of the molecule is CC1C2C=CC(C2)C1(O)C(=O)O. The van der Waals surface area contributed by atoms with Crippen LogP contribution in [0.25, 0.3) is 0 Å². The molecule has 2 aliphatic rings. The zero-order valence-corrected chi connectivity index (χ0v) is 6.90. The molecule has 12 heavy (non-hydrogen) atoms. The zero-order valence-electron chi connectivity index (χ0n) is 6.90. The second-order valence-corrected chi connectivity index (χ2v) is 3.81. The van der Waals surface area contributed by atoms with Crippen LogP contribution < -0.4 is 0 Å². The molecule has 1 saturated carbocycles. The van der Waals surface area contributed by atoms with Crippen LogP contribution in [-0.2, 0) is 4.79 Å². The maximum Gasteiger partial charge on any atom is 0.336 e. The lowest BCUT2D eigenvalue weighted by molar-refractivity contribution is -0.166. The van der Waals surface area contributed by atoms with Gasteiger partial charge in [-0.15, -0.1) is 0 Å². The minimum atomic E-state index is -1.50. The fraction of sp³-hybridized carbons (Fsp3) is 0.667. The summed E-state index contributed by atoms with van der Waals surface area (Å²) in [6.45, 7) is 1.81. The Bertz CT molecular complexity index is 258. The van der Waals surface area contributed by atoms with E-state index in [-0.39, 0.29) is 17.8 Å². The first-order chi connectivity index (χ1) is 5.56. The largest absolute Gasteiger partial charge is 0.479 e. The number of allylic oxidation sites excluding steroid dienone is 1. The highest BCUT2D eigenvalue weighted by Gasteiger charge is 2.57. The lowest BCUT2D eigenvalue weighted by Crippen LogP contribution is -2.47. The lowest BCUT2D eigenvalue weighted by atomic mass is 9.80. The molecule has 2 bridgehead atoms. The third-order valence-corrected chi connectivity index (χ3v) is 3.36. The van der Waals surface area contributed by atoms with Crippen molar-refractivity contribution in [1.29, 1.82) is 0 Å². The van der Waals surface area contributed by atoms with Gasteiger partial charge >= 0.3 is 5.97 Å². The number of aliphatic carboxylic acids is 1. The fourth-order valence-corrected chi connectivity index (χ4v) is 2.44. The van der Waals surface area contributed by atoms with E-state index in [0.29, 0.717) is 0 Å². The summed E-state index contributed by atoms with van der Waals surface area (Å²) in [5.74, 6) is -1.14. The predicted molar refractivity (Wildman–Crippen MR) is 42.5 cm³/mol.